The summed E-state index contributed by atoms with van der Waals surface area (Å²) < 4.78 is 0. The number of nitrogens with zero attached hydrogens (tertiary/aromatic N) is 1. The molecule has 1 heterocycles. The Morgan fingerprint density at radius 1 is 1.17 bits per heavy atom. The number of nitrogens with two attached hydrogens (primary N) is 1. The van der Waals surface area contributed by atoms with Gasteiger partial charge < -0.3 is 11.1 Å². The van der Waals surface area contributed by atoms with E-state index in [2.05, 4.69) is 10.3 Å². The van der Waals surface area contributed by atoms with Crippen LogP contribution in [0.25, 0.3) is 0 Å². The molecule has 0 bridgehead atoms. The van der Waals surface area contributed by atoms with Crippen LogP contribution < -0.4 is 11.1 Å². The van der Waals surface area contributed by atoms with E-state index in [9.17, 15) is 9.59 Å². The van der Waals surface area contributed by atoms with Gasteiger partial charge in [0.25, 0.3) is 0 Å². The van der Waals surface area contributed by atoms with Crippen molar-refractivity contribution in [1.29, 1.82) is 0 Å². The summed E-state index contributed by atoms with van der Waals surface area (Å²) in [5, 5.41) is 6.58. The Hall–Kier alpha value is -2.70. The second kappa shape index (κ2) is 9.67. The number of aromatic nitrogens is 1. The number of hydrogen-bond donors (Lipinski definition) is 2. The molecule has 2 amide bonds. The van der Waals surface area contributed by atoms with Gasteiger partial charge in [-0.2, -0.15) is 0 Å². The summed E-state index contributed by atoms with van der Waals surface area (Å²) in [5.74, 6) is -0.560. The molecule has 7 heteroatoms. The van der Waals surface area contributed by atoms with E-state index in [1.807, 2.05) is 36.6 Å². The van der Waals surface area contributed by atoms with Gasteiger partial charge in [-0.3, -0.25) is 9.59 Å². The predicted molar refractivity (Wildman–Crippen MR) is 116 cm³/mol. The molecular formula is C22H22ClN3O2S. The van der Waals surface area contributed by atoms with Crippen molar-refractivity contribution in [1.82, 2.24) is 10.3 Å². The number of benzene rings is 2. The van der Waals surface area contributed by atoms with Crippen LogP contribution in [0.1, 0.15) is 45.2 Å². The summed E-state index contributed by atoms with van der Waals surface area (Å²) in [4.78, 5) is 28.6. The lowest BCUT2D eigenvalue weighted by Gasteiger charge is -2.17. The Morgan fingerprint density at radius 3 is 2.55 bits per heavy atom. The van der Waals surface area contributed by atoms with Gasteiger partial charge in [0.2, 0.25) is 11.8 Å². The molecule has 0 aliphatic carbocycles. The van der Waals surface area contributed by atoms with Crippen LogP contribution in [0.15, 0.2) is 53.9 Å². The molecule has 1 atom stereocenters. The van der Waals surface area contributed by atoms with Gasteiger partial charge in [0.1, 0.15) is 5.01 Å². The van der Waals surface area contributed by atoms with Crippen molar-refractivity contribution in [2.45, 2.75) is 32.2 Å². The Kier molecular flexibility index (Phi) is 7.01. The average molecular weight is 428 g/mol. The van der Waals surface area contributed by atoms with Crippen molar-refractivity contribution in [2.24, 2.45) is 5.73 Å². The van der Waals surface area contributed by atoms with Gasteiger partial charge in [0.05, 0.1) is 18.2 Å². The quantitative estimate of drug-likeness (QED) is 0.567. The van der Waals surface area contributed by atoms with Gasteiger partial charge in [-0.05, 0) is 48.2 Å². The SMILES string of the molecule is CCc1csc(C(Cc2ccc(C(N)=O)cc2)NC(=O)Cc2cccc(Cl)c2)n1. The van der Waals surface area contributed by atoms with Crippen molar-refractivity contribution in [3.05, 3.63) is 86.3 Å². The number of carbonyl (C=O) groups is 2. The first-order chi connectivity index (χ1) is 13.9. The Bertz CT molecular complexity index is 1000. The number of nitrogens with one attached hydrogen (secondary N) is 1. The highest BCUT2D eigenvalue weighted by Gasteiger charge is 2.19. The Labute approximate surface area is 178 Å². The highest BCUT2D eigenvalue weighted by atomic mass is 35.5. The lowest BCUT2D eigenvalue weighted by molar-refractivity contribution is -0.121. The maximum Gasteiger partial charge on any atom is 0.248 e. The van der Waals surface area contributed by atoms with E-state index < -0.39 is 5.91 Å². The van der Waals surface area contributed by atoms with E-state index in [0.29, 0.717) is 17.0 Å². The highest BCUT2D eigenvalue weighted by molar-refractivity contribution is 7.09. The third-order valence-electron chi connectivity index (χ3n) is 4.50. The molecule has 0 saturated carbocycles. The van der Waals surface area contributed by atoms with Gasteiger partial charge in [-0.25, -0.2) is 4.98 Å². The van der Waals surface area contributed by atoms with Gasteiger partial charge in [0, 0.05) is 16.0 Å². The maximum atomic E-state index is 12.7. The fourth-order valence-corrected chi connectivity index (χ4v) is 4.13. The van der Waals surface area contributed by atoms with E-state index in [1.54, 1.807) is 24.3 Å². The number of primary amides is 1. The number of amides is 2. The number of carbonyl (C=O) groups excluding carboxylic acids is 2. The fourth-order valence-electron chi connectivity index (χ4n) is 2.96. The summed E-state index contributed by atoms with van der Waals surface area (Å²) in [6.07, 6.45) is 1.65. The molecule has 0 aliphatic rings. The number of thiazole rings is 1. The minimum Gasteiger partial charge on any atom is -0.366 e. The zero-order valence-electron chi connectivity index (χ0n) is 16.0. The van der Waals surface area contributed by atoms with Crippen LogP contribution >= 0.6 is 22.9 Å². The molecule has 1 aromatic heterocycles. The lowest BCUT2D eigenvalue weighted by atomic mass is 10.0. The van der Waals surface area contributed by atoms with Crippen molar-refractivity contribution < 1.29 is 9.59 Å². The van der Waals surface area contributed by atoms with Gasteiger partial charge in [0.15, 0.2) is 0 Å². The second-order valence-electron chi connectivity index (χ2n) is 6.72. The summed E-state index contributed by atoms with van der Waals surface area (Å²) in [6, 6.07) is 14.1. The third kappa shape index (κ3) is 5.89. The molecule has 1 unspecified atom stereocenters. The Morgan fingerprint density at radius 2 is 1.93 bits per heavy atom. The van der Waals surface area contributed by atoms with Crippen LogP contribution in [-0.2, 0) is 24.1 Å². The van der Waals surface area contributed by atoms with Gasteiger partial charge in [-0.15, -0.1) is 11.3 Å². The highest BCUT2D eigenvalue weighted by Crippen LogP contribution is 2.23. The first-order valence-corrected chi connectivity index (χ1v) is 10.6. The van der Waals surface area contributed by atoms with E-state index in [1.165, 1.54) is 11.3 Å². The topological polar surface area (TPSA) is 85.1 Å². The second-order valence-corrected chi connectivity index (χ2v) is 8.05. The average Bonchev–Trinajstić information content (AvgIpc) is 3.17. The van der Waals surface area contributed by atoms with Crippen molar-refractivity contribution in [3.8, 4) is 0 Å². The van der Waals surface area contributed by atoms with Crippen LogP contribution in [0.4, 0.5) is 0 Å². The molecule has 0 radical (unpaired) electrons. The van der Waals surface area contributed by atoms with E-state index >= 15 is 0 Å². The van der Waals surface area contributed by atoms with Crippen LogP contribution in [-0.4, -0.2) is 16.8 Å². The van der Waals surface area contributed by atoms with Gasteiger partial charge >= 0.3 is 0 Å². The maximum absolute atomic E-state index is 12.7. The van der Waals surface area contributed by atoms with E-state index in [-0.39, 0.29) is 18.4 Å². The van der Waals surface area contributed by atoms with Gasteiger partial charge in [-0.1, -0.05) is 42.8 Å². The number of rotatable bonds is 8. The molecule has 150 valence electrons. The molecule has 3 aromatic rings. The van der Waals surface area contributed by atoms with Crippen LogP contribution in [0, 0.1) is 0 Å². The first-order valence-electron chi connectivity index (χ1n) is 9.31. The summed E-state index contributed by atoms with van der Waals surface area (Å²) >= 11 is 7.56. The number of aryl methyl sites for hydroxylation is 1. The fraction of sp³-hybridized carbons (Fsp3) is 0.227. The van der Waals surface area contributed by atoms with E-state index in [0.717, 1.165) is 28.2 Å². The molecular weight excluding hydrogens is 406 g/mol. The summed E-state index contributed by atoms with van der Waals surface area (Å²) in [7, 11) is 0. The molecule has 0 spiro atoms. The van der Waals surface area contributed by atoms with Crippen molar-refractivity contribution >= 4 is 34.8 Å². The standard InChI is InChI=1S/C22H22ClN3O2S/c1-2-18-13-29-22(25-18)19(11-14-6-8-16(9-7-14)21(24)28)26-20(27)12-15-4-3-5-17(23)10-15/h3-10,13,19H,2,11-12H2,1H3,(H2,24,28)(H,26,27). The monoisotopic (exact) mass is 427 g/mol. The summed E-state index contributed by atoms with van der Waals surface area (Å²) in [6.45, 7) is 2.05. The van der Waals surface area contributed by atoms with Crippen LogP contribution in [0.5, 0.6) is 0 Å². The number of hydrogen-bond acceptors (Lipinski definition) is 4. The normalized spacial score (nSPS) is 11.8. The lowest BCUT2D eigenvalue weighted by Crippen LogP contribution is -2.31. The first kappa shape index (κ1) is 21.0. The molecule has 2 aromatic carbocycles. The minimum atomic E-state index is -0.463. The molecule has 3 rings (SSSR count). The molecule has 0 saturated heterocycles. The van der Waals surface area contributed by atoms with Crippen LogP contribution in [0.3, 0.4) is 0 Å². The molecule has 5 nitrogen and oxygen atoms in total. The van der Waals surface area contributed by atoms with Crippen molar-refractivity contribution in [3.63, 3.8) is 0 Å². The van der Waals surface area contributed by atoms with Crippen molar-refractivity contribution in [2.75, 3.05) is 0 Å². The largest absolute Gasteiger partial charge is 0.366 e. The predicted octanol–water partition coefficient (Wildman–Crippen LogP) is 4.10. The molecule has 0 fully saturated rings. The zero-order chi connectivity index (χ0) is 20.8. The third-order valence-corrected chi connectivity index (χ3v) is 5.74. The molecule has 3 N–H and O–H groups in total. The molecule has 0 aliphatic heterocycles. The molecule has 29 heavy (non-hydrogen) atoms. The smallest absolute Gasteiger partial charge is 0.248 e. The van der Waals surface area contributed by atoms with E-state index in [4.69, 9.17) is 17.3 Å². The van der Waals surface area contributed by atoms with Crippen LogP contribution in [0.2, 0.25) is 5.02 Å². The minimum absolute atomic E-state index is 0.0979. The zero-order valence-corrected chi connectivity index (χ0v) is 17.6. The Balaban J connectivity index is 1.77. The number of halogens is 1. The summed E-state index contributed by atoms with van der Waals surface area (Å²) in [5.41, 5.74) is 8.61.